The zero-order chi connectivity index (χ0) is 18.1. The van der Waals surface area contributed by atoms with Crippen LogP contribution in [0.5, 0.6) is 0 Å². The van der Waals surface area contributed by atoms with Crippen molar-refractivity contribution in [2.24, 2.45) is 4.99 Å². The number of aliphatic imine (C=N–C) groups is 1. The summed E-state index contributed by atoms with van der Waals surface area (Å²) in [7, 11) is 1.79. The molecule has 0 spiro atoms. The molecule has 0 amide bonds. The molecule has 0 aliphatic heterocycles. The maximum absolute atomic E-state index is 5.67. The molecule has 2 rings (SSSR count). The summed E-state index contributed by atoms with van der Waals surface area (Å²) in [5.74, 6) is 0.797. The molecule has 0 fully saturated rings. The van der Waals surface area contributed by atoms with Crippen molar-refractivity contribution in [2.45, 2.75) is 46.6 Å². The molecule has 0 aromatic heterocycles. The lowest BCUT2D eigenvalue weighted by Gasteiger charge is -2.13. The Bertz CT molecular complexity index is 701. The number of halogens is 1. The molecule has 0 saturated heterocycles. The lowest BCUT2D eigenvalue weighted by atomic mass is 10.1. The van der Waals surface area contributed by atoms with E-state index in [2.05, 4.69) is 84.9 Å². The smallest absolute Gasteiger partial charge is 0.191 e. The molecule has 0 unspecified atom stereocenters. The highest BCUT2D eigenvalue weighted by Gasteiger charge is 2.02. The molecule has 2 aromatic carbocycles. The van der Waals surface area contributed by atoms with Gasteiger partial charge in [-0.05, 0) is 37.5 Å². The Balaban J connectivity index is 0.00000338. The predicted octanol–water partition coefficient (Wildman–Crippen LogP) is 4.40. The van der Waals surface area contributed by atoms with E-state index in [0.717, 1.165) is 19.0 Å². The largest absolute Gasteiger partial charge is 0.374 e. The van der Waals surface area contributed by atoms with Crippen molar-refractivity contribution in [3.8, 4) is 0 Å². The minimum absolute atomic E-state index is 0. The van der Waals surface area contributed by atoms with Crippen molar-refractivity contribution in [3.05, 3.63) is 70.8 Å². The minimum Gasteiger partial charge on any atom is -0.374 e. The summed E-state index contributed by atoms with van der Waals surface area (Å²) in [5.41, 5.74) is 4.91. The van der Waals surface area contributed by atoms with Crippen LogP contribution in [0.1, 0.15) is 36.1 Å². The monoisotopic (exact) mass is 467 g/mol. The molecule has 2 aromatic rings. The molecule has 0 radical (unpaired) electrons. The summed E-state index contributed by atoms with van der Waals surface area (Å²) in [6.45, 7) is 8.33. The van der Waals surface area contributed by atoms with Crippen molar-refractivity contribution in [1.82, 2.24) is 10.6 Å². The second-order valence-corrected chi connectivity index (χ2v) is 6.45. The lowest BCUT2D eigenvalue weighted by Crippen LogP contribution is -2.36. The van der Waals surface area contributed by atoms with Crippen LogP contribution in [0.2, 0.25) is 0 Å². The SMILES string of the molecule is CN=C(NCc1cccc(C)c1)NCc1cccc(COC(C)C)c1.I. The first-order valence-electron chi connectivity index (χ1n) is 8.76. The first-order valence-corrected chi connectivity index (χ1v) is 8.76. The van der Waals surface area contributed by atoms with Crippen LogP contribution in [0, 0.1) is 6.92 Å². The van der Waals surface area contributed by atoms with Crippen LogP contribution in [0.25, 0.3) is 0 Å². The number of nitrogens with zero attached hydrogens (tertiary/aromatic N) is 1. The lowest BCUT2D eigenvalue weighted by molar-refractivity contribution is 0.0657. The van der Waals surface area contributed by atoms with E-state index in [1.165, 1.54) is 22.3 Å². The van der Waals surface area contributed by atoms with Crippen molar-refractivity contribution < 1.29 is 4.74 Å². The Hall–Kier alpha value is -1.60. The fraction of sp³-hybridized carbons (Fsp3) is 0.381. The molecule has 0 atom stereocenters. The Morgan fingerprint density at radius 3 is 2.12 bits per heavy atom. The fourth-order valence-corrected chi connectivity index (χ4v) is 2.51. The van der Waals surface area contributed by atoms with Crippen molar-refractivity contribution in [3.63, 3.8) is 0 Å². The van der Waals surface area contributed by atoms with Gasteiger partial charge in [-0.2, -0.15) is 0 Å². The average Bonchev–Trinajstić information content (AvgIpc) is 2.60. The number of nitrogens with one attached hydrogen (secondary N) is 2. The van der Waals surface area contributed by atoms with Crippen LogP contribution in [-0.4, -0.2) is 19.1 Å². The Kier molecular flexibility index (Phi) is 10.3. The number of benzene rings is 2. The standard InChI is InChI=1S/C21H29N3O.HI/c1-16(2)25-15-20-10-6-9-19(12-20)14-24-21(22-4)23-13-18-8-5-7-17(3)11-18;/h5-12,16H,13-15H2,1-4H3,(H2,22,23,24);1H. The van der Waals surface area contributed by atoms with Gasteiger partial charge in [-0.15, -0.1) is 24.0 Å². The number of guanidine groups is 1. The normalized spacial score (nSPS) is 11.2. The van der Waals surface area contributed by atoms with E-state index in [-0.39, 0.29) is 30.1 Å². The van der Waals surface area contributed by atoms with E-state index in [1.807, 2.05) is 0 Å². The highest BCUT2D eigenvalue weighted by molar-refractivity contribution is 14.0. The van der Waals surface area contributed by atoms with Gasteiger partial charge < -0.3 is 15.4 Å². The number of hydrogen-bond acceptors (Lipinski definition) is 2. The molecule has 4 nitrogen and oxygen atoms in total. The Morgan fingerprint density at radius 1 is 0.962 bits per heavy atom. The molecule has 142 valence electrons. The Labute approximate surface area is 174 Å². The van der Waals surface area contributed by atoms with Crippen LogP contribution in [0.15, 0.2) is 53.5 Å². The number of ether oxygens (including phenoxy) is 1. The van der Waals surface area contributed by atoms with Gasteiger partial charge in [-0.25, -0.2) is 0 Å². The topological polar surface area (TPSA) is 45.7 Å². The van der Waals surface area contributed by atoms with E-state index in [4.69, 9.17) is 4.74 Å². The summed E-state index contributed by atoms with van der Waals surface area (Å²) in [6, 6.07) is 16.9. The van der Waals surface area contributed by atoms with E-state index < -0.39 is 0 Å². The third kappa shape index (κ3) is 8.19. The van der Waals surface area contributed by atoms with Gasteiger partial charge in [0, 0.05) is 20.1 Å². The fourth-order valence-electron chi connectivity index (χ4n) is 2.51. The second kappa shape index (κ2) is 11.9. The van der Waals surface area contributed by atoms with Crippen LogP contribution in [0.3, 0.4) is 0 Å². The second-order valence-electron chi connectivity index (χ2n) is 6.45. The van der Waals surface area contributed by atoms with Crippen molar-refractivity contribution in [1.29, 1.82) is 0 Å². The average molecular weight is 467 g/mol. The molecule has 26 heavy (non-hydrogen) atoms. The summed E-state index contributed by atoms with van der Waals surface area (Å²) in [4.78, 5) is 4.29. The van der Waals surface area contributed by atoms with Gasteiger partial charge in [-0.1, -0.05) is 54.1 Å². The quantitative estimate of drug-likeness (QED) is 0.361. The first kappa shape index (κ1) is 22.4. The van der Waals surface area contributed by atoms with Gasteiger partial charge in [0.25, 0.3) is 0 Å². The Morgan fingerprint density at radius 2 is 1.54 bits per heavy atom. The number of rotatable bonds is 7. The molecule has 5 heteroatoms. The van der Waals surface area contributed by atoms with Gasteiger partial charge >= 0.3 is 0 Å². The first-order chi connectivity index (χ1) is 12.1. The number of aryl methyl sites for hydroxylation is 1. The number of hydrogen-bond donors (Lipinski definition) is 2. The van der Waals surface area contributed by atoms with Crippen LogP contribution < -0.4 is 10.6 Å². The van der Waals surface area contributed by atoms with Gasteiger partial charge in [0.15, 0.2) is 5.96 Å². The molecule has 0 aliphatic rings. The van der Waals surface area contributed by atoms with Crippen LogP contribution in [0.4, 0.5) is 0 Å². The molecule has 0 bridgehead atoms. The molecule has 0 heterocycles. The summed E-state index contributed by atoms with van der Waals surface area (Å²) >= 11 is 0. The predicted molar refractivity (Wildman–Crippen MR) is 120 cm³/mol. The van der Waals surface area contributed by atoms with Gasteiger partial charge in [0.05, 0.1) is 12.7 Å². The van der Waals surface area contributed by atoms with Crippen molar-refractivity contribution in [2.75, 3.05) is 7.05 Å². The van der Waals surface area contributed by atoms with Crippen LogP contribution in [-0.2, 0) is 24.4 Å². The molecule has 0 saturated carbocycles. The zero-order valence-corrected chi connectivity index (χ0v) is 18.4. The molecule has 0 aliphatic carbocycles. The van der Waals surface area contributed by atoms with E-state index in [1.54, 1.807) is 7.05 Å². The minimum atomic E-state index is 0. The van der Waals surface area contributed by atoms with E-state index in [0.29, 0.717) is 6.61 Å². The van der Waals surface area contributed by atoms with Gasteiger partial charge in [-0.3, -0.25) is 4.99 Å². The molecular weight excluding hydrogens is 437 g/mol. The maximum atomic E-state index is 5.67. The summed E-state index contributed by atoms with van der Waals surface area (Å²) in [6.07, 6.45) is 0.242. The van der Waals surface area contributed by atoms with Crippen molar-refractivity contribution >= 4 is 29.9 Å². The van der Waals surface area contributed by atoms with Gasteiger partial charge in [0.2, 0.25) is 0 Å². The third-order valence-electron chi connectivity index (χ3n) is 3.80. The van der Waals surface area contributed by atoms with E-state index in [9.17, 15) is 0 Å². The third-order valence-corrected chi connectivity index (χ3v) is 3.80. The van der Waals surface area contributed by atoms with Gasteiger partial charge in [0.1, 0.15) is 0 Å². The molecular formula is C21H30IN3O. The zero-order valence-electron chi connectivity index (χ0n) is 16.1. The summed E-state index contributed by atoms with van der Waals surface area (Å²) in [5, 5.41) is 6.71. The van der Waals surface area contributed by atoms with E-state index >= 15 is 0 Å². The maximum Gasteiger partial charge on any atom is 0.191 e. The van der Waals surface area contributed by atoms with Crippen LogP contribution >= 0.6 is 24.0 Å². The highest BCUT2D eigenvalue weighted by atomic mass is 127. The summed E-state index contributed by atoms with van der Waals surface area (Å²) < 4.78 is 5.67. The molecule has 2 N–H and O–H groups in total. The highest BCUT2D eigenvalue weighted by Crippen LogP contribution is 2.08.